The van der Waals surface area contributed by atoms with Gasteiger partial charge in [-0.2, -0.15) is 0 Å². The van der Waals surface area contributed by atoms with Gasteiger partial charge in [-0.25, -0.2) is 14.4 Å². The summed E-state index contributed by atoms with van der Waals surface area (Å²) >= 11 is 0. The van der Waals surface area contributed by atoms with Crippen molar-refractivity contribution in [3.8, 4) is 0 Å². The first-order chi connectivity index (χ1) is 26.1. The van der Waals surface area contributed by atoms with E-state index in [-0.39, 0.29) is 24.7 Å². The van der Waals surface area contributed by atoms with Gasteiger partial charge in [0, 0.05) is 28.2 Å². The summed E-state index contributed by atoms with van der Waals surface area (Å²) in [5.41, 5.74) is 0. The van der Waals surface area contributed by atoms with Crippen molar-refractivity contribution >= 4 is 47.5 Å². The van der Waals surface area contributed by atoms with E-state index in [1.165, 1.54) is 35.1 Å². The fourth-order valence-electron chi connectivity index (χ4n) is 6.16. The van der Waals surface area contributed by atoms with Crippen molar-refractivity contribution in [1.82, 2.24) is 19.6 Å². The van der Waals surface area contributed by atoms with E-state index in [0.717, 1.165) is 19.6 Å². The Morgan fingerprint density at radius 1 is 0.456 bits per heavy atom. The third kappa shape index (κ3) is 14.0. The number of amides is 4. The van der Waals surface area contributed by atoms with Crippen LogP contribution in [0, 0.1) is 35.5 Å². The van der Waals surface area contributed by atoms with Crippen LogP contribution in [0.1, 0.15) is 103 Å². The fraction of sp³-hybridized carbons (Fsp3) is 0.805. The predicted molar refractivity (Wildman–Crippen MR) is 211 cm³/mol. The molecule has 1 unspecified atom stereocenters. The molecule has 0 aliphatic carbocycles. The predicted octanol–water partition coefficient (Wildman–Crippen LogP) is 3.32. The third-order valence-corrected chi connectivity index (χ3v) is 9.96. The van der Waals surface area contributed by atoms with Gasteiger partial charge in [-0.1, -0.05) is 83.1 Å². The standard InChI is InChI=1S/C41H70N4O12/c1-21(2)18-28-40(52)56-31(23(5)6)35(47)42(14)20-30(46)54-32(24(7)8)36(48)43(15)27(13)39(51)55-33(25(9)10)37(49)44(16)29(19-22(3)4)41(53)57-34(26(11)12)38(50)45(28)17/h21-29,31-34H,18-20H2,1-17H3/t27?,28-,29-,31+,32+,33+,34+/m0/s1. The summed E-state index contributed by atoms with van der Waals surface area (Å²) in [4.78, 5) is 115. The van der Waals surface area contributed by atoms with Crippen molar-refractivity contribution in [2.75, 3.05) is 34.7 Å². The number of likely N-dealkylation sites (N-methyl/N-ethyl adjacent to an activating group) is 4. The number of esters is 4. The molecule has 0 bridgehead atoms. The molecule has 1 aliphatic heterocycles. The molecule has 0 aromatic carbocycles. The van der Waals surface area contributed by atoms with E-state index in [4.69, 9.17) is 18.9 Å². The second-order valence-corrected chi connectivity index (χ2v) is 17.5. The lowest BCUT2D eigenvalue weighted by Gasteiger charge is -2.36. The van der Waals surface area contributed by atoms with Crippen LogP contribution in [0.15, 0.2) is 0 Å². The summed E-state index contributed by atoms with van der Waals surface area (Å²) < 4.78 is 23.0. The minimum absolute atomic E-state index is 0.118. The summed E-state index contributed by atoms with van der Waals surface area (Å²) in [6.45, 7) is 21.5. The number of hydrogen-bond acceptors (Lipinski definition) is 12. The van der Waals surface area contributed by atoms with Crippen molar-refractivity contribution in [1.29, 1.82) is 0 Å². The largest absolute Gasteiger partial charge is 0.451 e. The second-order valence-electron chi connectivity index (χ2n) is 17.5. The van der Waals surface area contributed by atoms with E-state index in [0.29, 0.717) is 0 Å². The molecule has 57 heavy (non-hydrogen) atoms. The van der Waals surface area contributed by atoms with E-state index in [1.807, 2.05) is 27.7 Å². The SMILES string of the molecule is CC(C)C[C@H]1C(=O)O[C@H](C(C)C)C(=O)N(C)[C@@H](CC(C)C)C(=O)O[C@H](C(C)C)C(=O)N(C)CC(=O)O[C@H](C(C)C)C(=O)N(C)C(C)C(=O)O[C@H](C(C)C)C(=O)N1C. The van der Waals surface area contributed by atoms with E-state index >= 15 is 0 Å². The topological polar surface area (TPSA) is 186 Å². The summed E-state index contributed by atoms with van der Waals surface area (Å²) in [6.07, 6.45) is -5.20. The van der Waals surface area contributed by atoms with Gasteiger partial charge in [-0.05, 0) is 55.3 Å². The van der Waals surface area contributed by atoms with E-state index in [1.54, 1.807) is 55.4 Å². The number of carbonyl (C=O) groups excluding carboxylic acids is 8. The highest BCUT2D eigenvalue weighted by Crippen LogP contribution is 2.24. The highest BCUT2D eigenvalue weighted by Gasteiger charge is 2.43. The van der Waals surface area contributed by atoms with E-state index < -0.39 is 120 Å². The number of nitrogens with zero attached hydrogens (tertiary/aromatic N) is 4. The molecule has 1 fully saturated rings. The molecular formula is C41H70N4O12. The van der Waals surface area contributed by atoms with Crippen LogP contribution in [-0.2, 0) is 57.3 Å². The van der Waals surface area contributed by atoms with Crippen LogP contribution in [0.4, 0.5) is 0 Å². The van der Waals surface area contributed by atoms with Crippen molar-refractivity contribution in [3.63, 3.8) is 0 Å². The highest BCUT2D eigenvalue weighted by atomic mass is 16.6. The number of hydrogen-bond donors (Lipinski definition) is 0. The summed E-state index contributed by atoms with van der Waals surface area (Å²) in [5.74, 6) is -8.90. The molecule has 0 aromatic rings. The van der Waals surface area contributed by atoms with Gasteiger partial charge in [0.15, 0.2) is 24.4 Å². The third-order valence-electron chi connectivity index (χ3n) is 9.96. The van der Waals surface area contributed by atoms with Gasteiger partial charge in [0.1, 0.15) is 24.7 Å². The summed E-state index contributed by atoms with van der Waals surface area (Å²) in [5, 5.41) is 0. The van der Waals surface area contributed by atoms with Gasteiger partial charge in [-0.3, -0.25) is 24.0 Å². The van der Waals surface area contributed by atoms with Gasteiger partial charge in [0.2, 0.25) is 0 Å². The lowest BCUT2D eigenvalue weighted by molar-refractivity contribution is -0.178. The molecule has 16 nitrogen and oxygen atoms in total. The fourth-order valence-corrected chi connectivity index (χ4v) is 6.16. The molecule has 1 saturated heterocycles. The van der Waals surface area contributed by atoms with Crippen molar-refractivity contribution in [3.05, 3.63) is 0 Å². The molecule has 0 saturated carbocycles. The molecule has 0 spiro atoms. The average molecular weight is 811 g/mol. The van der Waals surface area contributed by atoms with Crippen LogP contribution in [0.2, 0.25) is 0 Å². The van der Waals surface area contributed by atoms with Crippen LogP contribution < -0.4 is 0 Å². The molecular weight excluding hydrogens is 740 g/mol. The van der Waals surface area contributed by atoms with Gasteiger partial charge >= 0.3 is 23.9 Å². The molecule has 0 N–H and O–H groups in total. The lowest BCUT2D eigenvalue weighted by Crippen LogP contribution is -2.55. The quantitative estimate of drug-likeness (QED) is 0.258. The Labute approximate surface area is 339 Å². The van der Waals surface area contributed by atoms with Crippen LogP contribution in [-0.4, -0.2) is 144 Å². The average Bonchev–Trinajstić information content (AvgIpc) is 3.11. The highest BCUT2D eigenvalue weighted by molar-refractivity contribution is 5.94. The van der Waals surface area contributed by atoms with Gasteiger partial charge in [-0.15, -0.1) is 0 Å². The Balaban J connectivity index is 3.94. The van der Waals surface area contributed by atoms with Crippen LogP contribution in [0.5, 0.6) is 0 Å². The maximum atomic E-state index is 14.2. The van der Waals surface area contributed by atoms with Gasteiger partial charge in [0.05, 0.1) is 0 Å². The minimum atomic E-state index is -1.38. The molecule has 0 aromatic heterocycles. The zero-order valence-electron chi connectivity index (χ0n) is 37.3. The zero-order chi connectivity index (χ0) is 44.4. The second kappa shape index (κ2) is 22.1. The number of rotatable bonds is 8. The normalized spacial score (nSPS) is 26.8. The molecule has 1 heterocycles. The Kier molecular flexibility index (Phi) is 19.6. The Morgan fingerprint density at radius 3 is 1.09 bits per heavy atom. The number of cyclic esters (lactones) is 4. The van der Waals surface area contributed by atoms with Gasteiger partial charge in [0.25, 0.3) is 23.6 Å². The Morgan fingerprint density at radius 2 is 0.754 bits per heavy atom. The van der Waals surface area contributed by atoms with Crippen molar-refractivity contribution in [2.45, 2.75) is 145 Å². The van der Waals surface area contributed by atoms with Crippen molar-refractivity contribution in [2.24, 2.45) is 35.5 Å². The zero-order valence-corrected chi connectivity index (χ0v) is 37.3. The molecule has 16 heteroatoms. The van der Waals surface area contributed by atoms with Crippen LogP contribution >= 0.6 is 0 Å². The van der Waals surface area contributed by atoms with E-state index in [2.05, 4.69) is 0 Å². The molecule has 1 rings (SSSR count). The molecule has 7 atom stereocenters. The van der Waals surface area contributed by atoms with E-state index in [9.17, 15) is 38.4 Å². The molecule has 0 radical (unpaired) electrons. The van der Waals surface area contributed by atoms with Crippen LogP contribution in [0.3, 0.4) is 0 Å². The molecule has 1 aliphatic rings. The Bertz CT molecular complexity index is 1440. The smallest absolute Gasteiger partial charge is 0.329 e. The first-order valence-corrected chi connectivity index (χ1v) is 20.0. The maximum absolute atomic E-state index is 14.2. The molecule has 4 amide bonds. The first-order valence-electron chi connectivity index (χ1n) is 20.0. The minimum Gasteiger partial charge on any atom is -0.451 e. The summed E-state index contributed by atoms with van der Waals surface area (Å²) in [7, 11) is 5.45. The number of ether oxygens (including phenoxy) is 4. The summed E-state index contributed by atoms with van der Waals surface area (Å²) in [6, 6.07) is -3.63. The first kappa shape index (κ1) is 50.8. The van der Waals surface area contributed by atoms with Crippen molar-refractivity contribution < 1.29 is 57.3 Å². The lowest BCUT2D eigenvalue weighted by atomic mass is 9.99. The maximum Gasteiger partial charge on any atom is 0.329 e. The number of carbonyl (C=O) groups is 8. The Hall–Kier alpha value is -4.24. The van der Waals surface area contributed by atoms with Gasteiger partial charge < -0.3 is 38.5 Å². The monoisotopic (exact) mass is 810 g/mol. The molecule has 326 valence electrons. The van der Waals surface area contributed by atoms with Crippen LogP contribution in [0.25, 0.3) is 0 Å².